The fourth-order valence-electron chi connectivity index (χ4n) is 2.30. The molecule has 2 aromatic heterocycles. The van der Waals surface area contributed by atoms with Gasteiger partial charge in [0.2, 0.25) is 5.95 Å². The lowest BCUT2D eigenvalue weighted by molar-refractivity contribution is 0.379. The molecule has 0 spiro atoms. The molecule has 0 aromatic carbocycles. The SMILES string of the molecule is CSC1(CNc2nc(NN)nc3[nH]ncc23)CCC1. The quantitative estimate of drug-likeness (QED) is 0.483. The molecule has 0 amide bonds. The highest BCUT2D eigenvalue weighted by molar-refractivity contribution is 8.00. The monoisotopic (exact) mass is 279 g/mol. The molecule has 0 aliphatic heterocycles. The fourth-order valence-corrected chi connectivity index (χ4v) is 3.22. The van der Waals surface area contributed by atoms with Crippen molar-refractivity contribution >= 4 is 34.6 Å². The van der Waals surface area contributed by atoms with Crippen molar-refractivity contribution in [3.8, 4) is 0 Å². The van der Waals surface area contributed by atoms with Gasteiger partial charge in [-0.05, 0) is 19.1 Å². The van der Waals surface area contributed by atoms with Gasteiger partial charge in [0.25, 0.3) is 0 Å². The van der Waals surface area contributed by atoms with E-state index in [4.69, 9.17) is 5.84 Å². The van der Waals surface area contributed by atoms with E-state index >= 15 is 0 Å². The lowest BCUT2D eigenvalue weighted by Gasteiger charge is -2.40. The fraction of sp³-hybridized carbons (Fsp3) is 0.545. The maximum Gasteiger partial charge on any atom is 0.241 e. The summed E-state index contributed by atoms with van der Waals surface area (Å²) in [6.45, 7) is 0.898. The van der Waals surface area contributed by atoms with Crippen LogP contribution < -0.4 is 16.6 Å². The van der Waals surface area contributed by atoms with Crippen molar-refractivity contribution in [1.82, 2.24) is 20.2 Å². The van der Waals surface area contributed by atoms with Gasteiger partial charge in [0, 0.05) is 11.3 Å². The molecule has 19 heavy (non-hydrogen) atoms. The number of nitrogens with two attached hydrogens (primary N) is 1. The van der Waals surface area contributed by atoms with Gasteiger partial charge >= 0.3 is 0 Å². The number of nitrogens with zero attached hydrogens (tertiary/aromatic N) is 3. The Bertz CT molecular complexity index is 572. The third-order valence-corrected chi connectivity index (χ3v) is 5.13. The minimum absolute atomic E-state index is 0.345. The lowest BCUT2D eigenvalue weighted by Crippen LogP contribution is -2.40. The Hall–Kier alpha value is -1.54. The van der Waals surface area contributed by atoms with Crippen LogP contribution in [0, 0.1) is 0 Å². The number of anilines is 2. The van der Waals surface area contributed by atoms with Gasteiger partial charge < -0.3 is 5.32 Å². The highest BCUT2D eigenvalue weighted by atomic mass is 32.2. The normalized spacial score (nSPS) is 17.2. The van der Waals surface area contributed by atoms with E-state index in [0.717, 1.165) is 17.7 Å². The Balaban J connectivity index is 1.85. The zero-order valence-corrected chi connectivity index (χ0v) is 11.5. The van der Waals surface area contributed by atoms with Crippen molar-refractivity contribution in [2.24, 2.45) is 5.84 Å². The molecule has 0 bridgehead atoms. The van der Waals surface area contributed by atoms with Gasteiger partial charge in [-0.25, -0.2) is 5.84 Å². The Morgan fingerprint density at radius 1 is 1.47 bits per heavy atom. The molecule has 8 heteroatoms. The van der Waals surface area contributed by atoms with E-state index in [9.17, 15) is 0 Å². The summed E-state index contributed by atoms with van der Waals surface area (Å²) in [4.78, 5) is 8.56. The van der Waals surface area contributed by atoms with Crippen LogP contribution >= 0.6 is 11.8 Å². The van der Waals surface area contributed by atoms with Crippen LogP contribution in [0.3, 0.4) is 0 Å². The molecule has 0 radical (unpaired) electrons. The predicted octanol–water partition coefficient (Wildman–Crippen LogP) is 1.34. The summed E-state index contributed by atoms with van der Waals surface area (Å²) >= 11 is 1.93. The molecular formula is C11H17N7S. The lowest BCUT2D eigenvalue weighted by atomic mass is 9.84. The van der Waals surface area contributed by atoms with Crippen LogP contribution in [0.4, 0.5) is 11.8 Å². The molecular weight excluding hydrogens is 262 g/mol. The van der Waals surface area contributed by atoms with E-state index in [2.05, 4.69) is 37.2 Å². The second-order valence-corrected chi connectivity index (χ2v) is 6.04. The number of aromatic nitrogens is 4. The highest BCUT2D eigenvalue weighted by Crippen LogP contribution is 2.42. The zero-order chi connectivity index (χ0) is 13.3. The molecule has 0 unspecified atom stereocenters. The second-order valence-electron chi connectivity index (χ2n) is 4.77. The molecule has 0 atom stereocenters. The number of nitrogen functional groups attached to an aromatic ring is 1. The molecule has 3 rings (SSSR count). The molecule has 1 saturated carbocycles. The molecule has 0 saturated heterocycles. The standard InChI is InChI=1S/C11H17N7S/c1-19-11(3-2-4-11)6-13-8-7-5-14-18-9(7)16-10(15-8)17-12/h5H,2-4,6,12H2,1H3,(H3,13,14,15,16,17,18). The van der Waals surface area contributed by atoms with E-state index in [1.807, 2.05) is 11.8 Å². The first-order valence-corrected chi connectivity index (χ1v) is 7.45. The minimum atomic E-state index is 0.345. The number of rotatable bonds is 5. The van der Waals surface area contributed by atoms with Crippen LogP contribution in [0.15, 0.2) is 6.20 Å². The van der Waals surface area contributed by atoms with Crippen LogP contribution in [-0.4, -0.2) is 37.7 Å². The van der Waals surface area contributed by atoms with Gasteiger partial charge in [0.1, 0.15) is 5.82 Å². The molecule has 2 heterocycles. The maximum atomic E-state index is 5.38. The summed E-state index contributed by atoms with van der Waals surface area (Å²) in [6, 6.07) is 0. The molecule has 5 N–H and O–H groups in total. The second kappa shape index (κ2) is 4.86. The summed E-state index contributed by atoms with van der Waals surface area (Å²) in [5.74, 6) is 6.53. The summed E-state index contributed by atoms with van der Waals surface area (Å²) in [5.41, 5.74) is 3.15. The molecule has 102 valence electrons. The first-order chi connectivity index (χ1) is 9.26. The number of aromatic amines is 1. The molecule has 1 aliphatic rings. The van der Waals surface area contributed by atoms with Crippen molar-refractivity contribution in [2.45, 2.75) is 24.0 Å². The van der Waals surface area contributed by atoms with Crippen LogP contribution in [-0.2, 0) is 0 Å². The first kappa shape index (κ1) is 12.5. The Kier molecular flexibility index (Phi) is 3.19. The molecule has 7 nitrogen and oxygen atoms in total. The summed E-state index contributed by atoms with van der Waals surface area (Å²) in [5, 5.41) is 11.1. The Morgan fingerprint density at radius 3 is 2.95 bits per heavy atom. The van der Waals surface area contributed by atoms with Crippen molar-refractivity contribution in [3.63, 3.8) is 0 Å². The summed E-state index contributed by atoms with van der Waals surface area (Å²) in [7, 11) is 0. The van der Waals surface area contributed by atoms with Crippen LogP contribution in [0.5, 0.6) is 0 Å². The average molecular weight is 279 g/mol. The van der Waals surface area contributed by atoms with Crippen molar-refractivity contribution in [3.05, 3.63) is 6.20 Å². The van der Waals surface area contributed by atoms with Gasteiger partial charge in [0.15, 0.2) is 5.65 Å². The number of hydrogen-bond donors (Lipinski definition) is 4. The van der Waals surface area contributed by atoms with E-state index in [0.29, 0.717) is 16.3 Å². The third kappa shape index (κ3) is 2.21. The molecule has 2 aromatic rings. The summed E-state index contributed by atoms with van der Waals surface area (Å²) in [6.07, 6.45) is 7.71. The Labute approximate surface area is 115 Å². The maximum absolute atomic E-state index is 5.38. The smallest absolute Gasteiger partial charge is 0.241 e. The minimum Gasteiger partial charge on any atom is -0.368 e. The number of thioether (sulfide) groups is 1. The summed E-state index contributed by atoms with van der Waals surface area (Å²) < 4.78 is 0.345. The number of H-pyrrole nitrogens is 1. The van der Waals surface area contributed by atoms with Crippen molar-refractivity contribution in [1.29, 1.82) is 0 Å². The van der Waals surface area contributed by atoms with E-state index < -0.39 is 0 Å². The third-order valence-electron chi connectivity index (χ3n) is 3.71. The van der Waals surface area contributed by atoms with Crippen LogP contribution in [0.1, 0.15) is 19.3 Å². The number of hydrazine groups is 1. The predicted molar refractivity (Wildman–Crippen MR) is 78.1 cm³/mol. The van der Waals surface area contributed by atoms with E-state index in [-0.39, 0.29) is 0 Å². The molecule has 1 fully saturated rings. The Morgan fingerprint density at radius 2 is 2.32 bits per heavy atom. The van der Waals surface area contributed by atoms with Crippen molar-refractivity contribution < 1.29 is 0 Å². The number of fused-ring (bicyclic) bond motifs is 1. The van der Waals surface area contributed by atoms with E-state index in [1.165, 1.54) is 19.3 Å². The topological polar surface area (TPSA) is 105 Å². The first-order valence-electron chi connectivity index (χ1n) is 6.23. The van der Waals surface area contributed by atoms with Crippen molar-refractivity contribution in [2.75, 3.05) is 23.5 Å². The highest BCUT2D eigenvalue weighted by Gasteiger charge is 2.36. The van der Waals surface area contributed by atoms with Crippen LogP contribution in [0.2, 0.25) is 0 Å². The molecule has 1 aliphatic carbocycles. The number of hydrogen-bond acceptors (Lipinski definition) is 7. The van der Waals surface area contributed by atoms with Gasteiger partial charge in [-0.15, -0.1) is 0 Å². The zero-order valence-electron chi connectivity index (χ0n) is 10.7. The van der Waals surface area contributed by atoms with Gasteiger partial charge in [-0.1, -0.05) is 6.42 Å². The van der Waals surface area contributed by atoms with Gasteiger partial charge in [-0.2, -0.15) is 26.8 Å². The largest absolute Gasteiger partial charge is 0.368 e. The number of nitrogens with one attached hydrogen (secondary N) is 3. The average Bonchev–Trinajstić information content (AvgIpc) is 2.85. The van der Waals surface area contributed by atoms with Crippen LogP contribution in [0.25, 0.3) is 11.0 Å². The van der Waals surface area contributed by atoms with E-state index in [1.54, 1.807) is 6.20 Å². The van der Waals surface area contributed by atoms with Gasteiger partial charge in [-0.3, -0.25) is 10.5 Å². The van der Waals surface area contributed by atoms with Gasteiger partial charge in [0.05, 0.1) is 11.6 Å².